The Hall–Kier alpha value is -3.54. The number of carbonyl (C=O) groups is 1. The van der Waals surface area contributed by atoms with Gasteiger partial charge < -0.3 is 15.3 Å². The average Bonchev–Trinajstić information content (AvgIpc) is 3.26. The zero-order valence-electron chi connectivity index (χ0n) is 18.8. The van der Waals surface area contributed by atoms with Crippen LogP contribution in [0.3, 0.4) is 0 Å². The van der Waals surface area contributed by atoms with E-state index in [1.54, 1.807) is 11.8 Å². The SMILES string of the molecule is CC(SCc1ccc(-c2ccc(-c3cccc4c3oc3ccccc34)cc2)cc1)C(N)C(=O)O. The molecule has 4 aromatic carbocycles. The van der Waals surface area contributed by atoms with Crippen molar-refractivity contribution in [1.29, 1.82) is 0 Å². The van der Waals surface area contributed by atoms with Gasteiger partial charge in [0, 0.05) is 27.3 Å². The van der Waals surface area contributed by atoms with Crippen LogP contribution < -0.4 is 5.73 Å². The molecule has 1 heterocycles. The van der Waals surface area contributed by atoms with Crippen molar-refractivity contribution in [1.82, 2.24) is 0 Å². The molecule has 0 saturated carbocycles. The third-order valence-electron chi connectivity index (χ3n) is 6.19. The van der Waals surface area contributed by atoms with E-state index in [2.05, 4.69) is 72.8 Å². The van der Waals surface area contributed by atoms with Crippen LogP contribution in [0.1, 0.15) is 12.5 Å². The predicted octanol–water partition coefficient (Wildman–Crippen LogP) is 6.95. The van der Waals surface area contributed by atoms with E-state index in [0.29, 0.717) is 0 Å². The molecule has 5 rings (SSSR count). The zero-order chi connectivity index (χ0) is 23.7. The van der Waals surface area contributed by atoms with Gasteiger partial charge in [0.05, 0.1) is 0 Å². The number of furan rings is 1. The average molecular weight is 468 g/mol. The minimum absolute atomic E-state index is 0.152. The Labute approximate surface area is 202 Å². The van der Waals surface area contributed by atoms with Crippen molar-refractivity contribution >= 4 is 39.7 Å². The highest BCUT2D eigenvalue weighted by atomic mass is 32.2. The van der Waals surface area contributed by atoms with E-state index in [4.69, 9.17) is 15.3 Å². The van der Waals surface area contributed by atoms with Gasteiger partial charge in [0.2, 0.25) is 0 Å². The molecule has 0 amide bonds. The minimum Gasteiger partial charge on any atom is -0.480 e. The van der Waals surface area contributed by atoms with E-state index in [1.165, 1.54) is 0 Å². The third-order valence-corrected chi connectivity index (χ3v) is 7.51. The lowest BCUT2D eigenvalue weighted by Gasteiger charge is -2.15. The first-order chi connectivity index (χ1) is 16.5. The quantitative estimate of drug-likeness (QED) is 0.271. The normalized spacial score (nSPS) is 13.2. The van der Waals surface area contributed by atoms with Gasteiger partial charge >= 0.3 is 5.97 Å². The van der Waals surface area contributed by atoms with Crippen molar-refractivity contribution in [2.45, 2.75) is 24.0 Å². The number of carboxylic acids is 1. The summed E-state index contributed by atoms with van der Waals surface area (Å²) in [5.74, 6) is -0.238. The number of nitrogens with two attached hydrogens (primary N) is 1. The molecule has 0 fully saturated rings. The summed E-state index contributed by atoms with van der Waals surface area (Å²) >= 11 is 1.55. The number of rotatable bonds is 7. The van der Waals surface area contributed by atoms with Gasteiger partial charge in [0.15, 0.2) is 0 Å². The lowest BCUT2D eigenvalue weighted by molar-refractivity contribution is -0.138. The molecule has 0 aliphatic carbocycles. The zero-order valence-corrected chi connectivity index (χ0v) is 19.6. The first-order valence-electron chi connectivity index (χ1n) is 11.2. The largest absolute Gasteiger partial charge is 0.480 e. The van der Waals surface area contributed by atoms with E-state index in [-0.39, 0.29) is 5.25 Å². The highest BCUT2D eigenvalue weighted by molar-refractivity contribution is 7.99. The molecular formula is C29H25NO3S. The lowest BCUT2D eigenvalue weighted by atomic mass is 9.98. The number of fused-ring (bicyclic) bond motifs is 3. The van der Waals surface area contributed by atoms with Crippen LogP contribution in [0, 0.1) is 0 Å². The number of aliphatic carboxylic acids is 1. The number of para-hydroxylation sites is 2. The van der Waals surface area contributed by atoms with Crippen LogP contribution in [0.25, 0.3) is 44.2 Å². The monoisotopic (exact) mass is 467 g/mol. The van der Waals surface area contributed by atoms with Gasteiger partial charge in [-0.25, -0.2) is 0 Å². The topological polar surface area (TPSA) is 76.5 Å². The molecule has 0 aliphatic rings. The summed E-state index contributed by atoms with van der Waals surface area (Å²) < 4.78 is 6.19. The molecule has 0 saturated heterocycles. The van der Waals surface area contributed by atoms with Crippen LogP contribution in [0.2, 0.25) is 0 Å². The molecule has 0 radical (unpaired) electrons. The molecular weight excluding hydrogens is 442 g/mol. The fourth-order valence-electron chi connectivity index (χ4n) is 4.14. The van der Waals surface area contributed by atoms with Crippen molar-refractivity contribution in [3.8, 4) is 22.3 Å². The minimum atomic E-state index is -0.963. The Bertz CT molecular complexity index is 1460. The van der Waals surface area contributed by atoms with Crippen molar-refractivity contribution in [2.75, 3.05) is 0 Å². The van der Waals surface area contributed by atoms with Gasteiger partial charge in [-0.3, -0.25) is 4.79 Å². The molecule has 4 nitrogen and oxygen atoms in total. The van der Waals surface area contributed by atoms with Gasteiger partial charge in [0.25, 0.3) is 0 Å². The molecule has 0 spiro atoms. The van der Waals surface area contributed by atoms with Crippen molar-refractivity contribution in [3.05, 3.63) is 96.6 Å². The van der Waals surface area contributed by atoms with E-state index >= 15 is 0 Å². The van der Waals surface area contributed by atoms with Crippen LogP contribution >= 0.6 is 11.8 Å². The summed E-state index contributed by atoms with van der Waals surface area (Å²) in [6.45, 7) is 1.85. The molecule has 0 bridgehead atoms. The van der Waals surface area contributed by atoms with Crippen molar-refractivity contribution in [3.63, 3.8) is 0 Å². The summed E-state index contributed by atoms with van der Waals surface area (Å²) in [4.78, 5) is 11.0. The smallest absolute Gasteiger partial charge is 0.321 e. The van der Waals surface area contributed by atoms with E-state index in [9.17, 15) is 4.79 Å². The van der Waals surface area contributed by atoms with E-state index in [1.807, 2.05) is 25.1 Å². The van der Waals surface area contributed by atoms with Crippen LogP contribution in [0.5, 0.6) is 0 Å². The molecule has 5 heteroatoms. The van der Waals surface area contributed by atoms with Crippen LogP contribution in [0.15, 0.2) is 95.4 Å². The molecule has 3 N–H and O–H groups in total. The maximum Gasteiger partial charge on any atom is 0.321 e. The number of benzene rings is 4. The predicted molar refractivity (Wildman–Crippen MR) is 141 cm³/mol. The lowest BCUT2D eigenvalue weighted by Crippen LogP contribution is -2.38. The molecule has 170 valence electrons. The van der Waals surface area contributed by atoms with Crippen LogP contribution in [-0.2, 0) is 10.5 Å². The number of carboxylic acid groups (broad SMARTS) is 1. The highest BCUT2D eigenvalue weighted by Gasteiger charge is 2.20. The Kier molecular flexibility index (Phi) is 6.14. The maximum absolute atomic E-state index is 11.0. The molecule has 2 unspecified atom stereocenters. The number of thioether (sulfide) groups is 1. The van der Waals surface area contributed by atoms with Crippen molar-refractivity contribution in [2.24, 2.45) is 5.73 Å². The first-order valence-corrected chi connectivity index (χ1v) is 12.3. The standard InChI is InChI=1S/C29H25NO3S/c1-18(27(30)29(31)32)34-17-19-9-11-20(12-10-19)21-13-15-22(16-14-21)23-6-4-7-25-24-5-2-3-8-26(24)33-28(23)25/h2-16,18,27H,17,30H2,1H3,(H,31,32). The molecule has 34 heavy (non-hydrogen) atoms. The maximum atomic E-state index is 11.0. The van der Waals surface area contributed by atoms with Gasteiger partial charge in [-0.15, -0.1) is 0 Å². The first kappa shape index (κ1) is 22.3. The van der Waals surface area contributed by atoms with Gasteiger partial charge in [-0.05, 0) is 28.3 Å². The van der Waals surface area contributed by atoms with Gasteiger partial charge in [0.1, 0.15) is 17.2 Å². The van der Waals surface area contributed by atoms with Gasteiger partial charge in [-0.1, -0.05) is 91.9 Å². The second-order valence-electron chi connectivity index (χ2n) is 8.43. The molecule has 2 atom stereocenters. The summed E-state index contributed by atoms with van der Waals surface area (Å²) in [5, 5.41) is 11.2. The van der Waals surface area contributed by atoms with Crippen LogP contribution in [-0.4, -0.2) is 22.4 Å². The Morgan fingerprint density at radius 1 is 0.853 bits per heavy atom. The Balaban J connectivity index is 1.34. The summed E-state index contributed by atoms with van der Waals surface area (Å²) in [6.07, 6.45) is 0. The van der Waals surface area contributed by atoms with Gasteiger partial charge in [-0.2, -0.15) is 11.8 Å². The second kappa shape index (κ2) is 9.37. The fourth-order valence-corrected chi connectivity index (χ4v) is 5.11. The Morgan fingerprint density at radius 3 is 2.18 bits per heavy atom. The molecule has 1 aromatic heterocycles. The highest BCUT2D eigenvalue weighted by Crippen LogP contribution is 2.36. The van der Waals surface area contributed by atoms with Crippen LogP contribution in [0.4, 0.5) is 0 Å². The van der Waals surface area contributed by atoms with Crippen molar-refractivity contribution < 1.29 is 14.3 Å². The number of hydrogen-bond donors (Lipinski definition) is 2. The summed E-state index contributed by atoms with van der Waals surface area (Å²) in [7, 11) is 0. The Morgan fingerprint density at radius 2 is 1.47 bits per heavy atom. The molecule has 0 aliphatic heterocycles. The number of hydrogen-bond acceptors (Lipinski definition) is 4. The third kappa shape index (κ3) is 4.32. The summed E-state index contributed by atoms with van der Waals surface area (Å²) in [5.41, 5.74) is 13.1. The summed E-state index contributed by atoms with van der Waals surface area (Å²) in [6, 6.07) is 30.5. The fraction of sp³-hybridized carbons (Fsp3) is 0.138. The molecule has 5 aromatic rings. The second-order valence-corrected chi connectivity index (χ2v) is 9.80. The van der Waals surface area contributed by atoms with E-state index < -0.39 is 12.0 Å². The van der Waals surface area contributed by atoms with E-state index in [0.717, 1.165) is 55.5 Å².